The first-order valence-electron chi connectivity index (χ1n) is 8.98. The van der Waals surface area contributed by atoms with Crippen LogP contribution in [-0.2, 0) is 19.9 Å². The zero-order chi connectivity index (χ0) is 18.8. The fourth-order valence-electron chi connectivity index (χ4n) is 4.45. The number of imide groups is 1. The van der Waals surface area contributed by atoms with Crippen LogP contribution in [0.15, 0.2) is 12.2 Å². The van der Waals surface area contributed by atoms with E-state index in [1.165, 1.54) is 0 Å². The van der Waals surface area contributed by atoms with E-state index in [2.05, 4.69) is 22.5 Å². The maximum Gasteiger partial charge on any atom is 0.240 e. The predicted octanol–water partition coefficient (Wildman–Crippen LogP) is 1.92. The van der Waals surface area contributed by atoms with Crippen molar-refractivity contribution >= 4 is 29.1 Å². The van der Waals surface area contributed by atoms with Gasteiger partial charge in [-0.1, -0.05) is 12.2 Å². The van der Waals surface area contributed by atoms with E-state index in [1.807, 2.05) is 27.7 Å². The molecule has 1 saturated carbocycles. The highest BCUT2D eigenvalue weighted by atomic mass is 32.1. The van der Waals surface area contributed by atoms with Crippen molar-refractivity contribution in [3.63, 3.8) is 0 Å². The van der Waals surface area contributed by atoms with Gasteiger partial charge in [-0.2, -0.15) is 0 Å². The third-order valence-electron chi connectivity index (χ3n) is 5.88. The zero-order valence-corrected chi connectivity index (χ0v) is 16.2. The summed E-state index contributed by atoms with van der Waals surface area (Å²) in [7, 11) is 0. The summed E-state index contributed by atoms with van der Waals surface area (Å²) in [5, 5.41) is 3.75. The number of nitrogens with one attached hydrogen (secondary N) is 1. The second kappa shape index (κ2) is 5.74. The lowest BCUT2D eigenvalue weighted by atomic mass is 9.85. The highest BCUT2D eigenvalue weighted by Gasteiger charge is 2.59. The lowest BCUT2D eigenvalue weighted by Crippen LogP contribution is -2.47. The summed E-state index contributed by atoms with van der Waals surface area (Å²) in [5.41, 5.74) is 0.302. The number of carbonyl (C=O) groups excluding carboxylic acids is 3. The zero-order valence-electron chi connectivity index (χ0n) is 15.4. The Morgan fingerprint density at radius 2 is 1.81 bits per heavy atom. The largest absolute Gasteiger partial charge is 0.343 e. The van der Waals surface area contributed by atoms with Gasteiger partial charge in [0.05, 0.1) is 23.1 Å². The van der Waals surface area contributed by atoms with Crippen molar-refractivity contribution in [1.29, 1.82) is 0 Å². The van der Waals surface area contributed by atoms with Crippen molar-refractivity contribution in [2.75, 3.05) is 6.54 Å². The molecule has 4 unspecified atom stereocenters. The number of aryl methyl sites for hydroxylation is 2. The second-order valence-corrected chi connectivity index (χ2v) is 9.30. The number of fused-ring (bicyclic) bond motifs is 5. The van der Waals surface area contributed by atoms with E-state index in [9.17, 15) is 14.4 Å². The van der Waals surface area contributed by atoms with Gasteiger partial charge in [-0.05, 0) is 46.0 Å². The quantitative estimate of drug-likeness (QED) is 0.646. The van der Waals surface area contributed by atoms with Gasteiger partial charge in [0.2, 0.25) is 17.7 Å². The molecule has 0 spiro atoms. The number of hydrogen-bond donors (Lipinski definition) is 1. The van der Waals surface area contributed by atoms with Gasteiger partial charge in [-0.3, -0.25) is 19.3 Å². The molecule has 1 aromatic rings. The van der Waals surface area contributed by atoms with Gasteiger partial charge in [0.25, 0.3) is 0 Å². The van der Waals surface area contributed by atoms with Crippen LogP contribution in [0.4, 0.5) is 0 Å². The molecule has 6 nitrogen and oxygen atoms in total. The fraction of sp³-hybridized carbons (Fsp3) is 0.579. The van der Waals surface area contributed by atoms with Crippen LogP contribution in [0.5, 0.6) is 0 Å². The van der Waals surface area contributed by atoms with Crippen LogP contribution >= 0.6 is 11.3 Å². The summed E-state index contributed by atoms with van der Waals surface area (Å²) >= 11 is 1.55. The number of allylic oxidation sites excluding steroid dienone is 2. The van der Waals surface area contributed by atoms with Gasteiger partial charge in [0.15, 0.2) is 0 Å². The Balaban J connectivity index is 1.45. The van der Waals surface area contributed by atoms with Crippen LogP contribution in [-0.4, -0.2) is 34.2 Å². The predicted molar refractivity (Wildman–Crippen MR) is 97.2 cm³/mol. The van der Waals surface area contributed by atoms with E-state index in [-0.39, 0.29) is 47.9 Å². The number of aromatic nitrogens is 1. The highest BCUT2D eigenvalue weighted by Crippen LogP contribution is 2.52. The molecular formula is C19H23N3O3S. The fourth-order valence-corrected chi connectivity index (χ4v) is 5.42. The number of likely N-dealkylation sites (tertiary alicyclic amines) is 1. The van der Waals surface area contributed by atoms with E-state index < -0.39 is 5.54 Å². The van der Waals surface area contributed by atoms with Gasteiger partial charge in [0.1, 0.15) is 11.6 Å². The van der Waals surface area contributed by atoms with Gasteiger partial charge < -0.3 is 5.32 Å². The molecule has 2 heterocycles. The minimum Gasteiger partial charge on any atom is -0.343 e. The van der Waals surface area contributed by atoms with E-state index in [4.69, 9.17) is 0 Å². The molecule has 138 valence electrons. The molecule has 1 aliphatic heterocycles. The third-order valence-corrected chi connectivity index (χ3v) is 7.28. The number of carbonyl (C=O) groups is 3. The normalized spacial score (nSPS) is 29.6. The highest BCUT2D eigenvalue weighted by molar-refractivity contribution is 7.11. The van der Waals surface area contributed by atoms with E-state index in [0.717, 1.165) is 26.9 Å². The Kier molecular flexibility index (Phi) is 3.84. The van der Waals surface area contributed by atoms with Crippen LogP contribution in [0.2, 0.25) is 0 Å². The molecular weight excluding hydrogens is 350 g/mol. The Labute approximate surface area is 156 Å². The molecule has 1 aromatic heterocycles. The van der Waals surface area contributed by atoms with Crippen LogP contribution in [0.3, 0.4) is 0 Å². The summed E-state index contributed by atoms with van der Waals surface area (Å²) in [4.78, 5) is 44.7. The van der Waals surface area contributed by atoms with Crippen LogP contribution in [0.1, 0.15) is 35.8 Å². The Hall–Kier alpha value is -2.02. The standard InChI is InChI=1S/C19H23N3O3S/c1-9-10(2)26-18(20-9)19(3,4)21-13(23)8-22-16(24)14-11-5-6-12(7-11)15(14)17(22)25/h5-6,11-12,14-15H,7-8H2,1-4H3,(H,21,23). The molecule has 3 aliphatic rings. The molecule has 4 rings (SSSR count). The average molecular weight is 373 g/mol. The maximum atomic E-state index is 12.7. The Bertz CT molecular complexity index is 792. The van der Waals surface area contributed by atoms with Crippen molar-refractivity contribution in [3.05, 3.63) is 27.7 Å². The molecule has 2 bridgehead atoms. The monoisotopic (exact) mass is 373 g/mol. The minimum absolute atomic E-state index is 0.159. The SMILES string of the molecule is Cc1nc(C(C)(C)NC(=O)CN2C(=O)C3C4C=CC(C4)C3C2=O)sc1C. The average Bonchev–Trinajstić information content (AvgIpc) is 3.29. The molecule has 1 saturated heterocycles. The molecule has 3 amide bonds. The number of hydrogen-bond acceptors (Lipinski definition) is 5. The summed E-state index contributed by atoms with van der Waals surface area (Å²) in [6.07, 6.45) is 5.00. The first-order valence-corrected chi connectivity index (χ1v) is 9.80. The smallest absolute Gasteiger partial charge is 0.240 e. The lowest BCUT2D eigenvalue weighted by Gasteiger charge is -2.25. The molecule has 4 atom stereocenters. The minimum atomic E-state index is -0.650. The van der Waals surface area contributed by atoms with E-state index in [0.29, 0.717) is 0 Å². The summed E-state index contributed by atoms with van der Waals surface area (Å²) in [5.74, 6) is -0.913. The van der Waals surface area contributed by atoms with Gasteiger partial charge >= 0.3 is 0 Å². The number of rotatable bonds is 4. The van der Waals surface area contributed by atoms with Crippen molar-refractivity contribution < 1.29 is 14.4 Å². The lowest BCUT2D eigenvalue weighted by molar-refractivity contribution is -0.144. The maximum absolute atomic E-state index is 12.7. The summed E-state index contributed by atoms with van der Waals surface area (Å²) in [6, 6.07) is 0. The van der Waals surface area contributed by atoms with Gasteiger partial charge in [0, 0.05) is 4.88 Å². The topological polar surface area (TPSA) is 79.4 Å². The first-order chi connectivity index (χ1) is 12.2. The number of nitrogens with zero attached hydrogens (tertiary/aromatic N) is 2. The summed E-state index contributed by atoms with van der Waals surface area (Å²) in [6.45, 7) is 7.49. The number of amides is 3. The Morgan fingerprint density at radius 1 is 1.23 bits per heavy atom. The summed E-state index contributed by atoms with van der Waals surface area (Å²) < 4.78 is 0. The molecule has 2 aliphatic carbocycles. The molecule has 1 N–H and O–H groups in total. The second-order valence-electron chi connectivity index (χ2n) is 8.10. The van der Waals surface area contributed by atoms with Crippen LogP contribution < -0.4 is 5.32 Å². The molecule has 2 fully saturated rings. The number of thiazole rings is 1. The molecule has 0 radical (unpaired) electrons. The van der Waals surface area contributed by atoms with Crippen molar-refractivity contribution in [3.8, 4) is 0 Å². The third kappa shape index (κ3) is 2.52. The molecule has 7 heteroatoms. The molecule has 0 aromatic carbocycles. The van der Waals surface area contributed by atoms with Crippen molar-refractivity contribution in [2.24, 2.45) is 23.7 Å². The van der Waals surface area contributed by atoms with Gasteiger partial charge in [-0.25, -0.2) is 4.98 Å². The van der Waals surface area contributed by atoms with Crippen LogP contribution in [0.25, 0.3) is 0 Å². The van der Waals surface area contributed by atoms with Gasteiger partial charge in [-0.15, -0.1) is 11.3 Å². The first kappa shape index (κ1) is 17.4. The Morgan fingerprint density at radius 3 is 2.31 bits per heavy atom. The van der Waals surface area contributed by atoms with Crippen molar-refractivity contribution in [1.82, 2.24) is 15.2 Å². The van der Waals surface area contributed by atoms with Crippen LogP contribution in [0, 0.1) is 37.5 Å². The van der Waals surface area contributed by atoms with E-state index >= 15 is 0 Å². The van der Waals surface area contributed by atoms with Crippen molar-refractivity contribution in [2.45, 2.75) is 39.7 Å². The van der Waals surface area contributed by atoms with E-state index in [1.54, 1.807) is 11.3 Å². The molecule has 26 heavy (non-hydrogen) atoms.